The molecule has 0 saturated carbocycles. The SMILES string of the molecule is O=c1c2ccccc2nc(-c2ccccc2)n1-c1ccc(-c2nnc(-c3ccc(Cl)cc3)o2)cc1. The van der Waals surface area contributed by atoms with Gasteiger partial charge in [0.15, 0.2) is 0 Å². The standard InChI is InChI=1S/C28H17ClN4O2/c29-21-14-10-19(11-15-21)26-31-32-27(35-26)20-12-16-22(17-13-20)33-25(18-6-2-1-3-7-18)30-24-9-5-4-8-23(24)28(33)34/h1-17H. The fourth-order valence-electron chi connectivity index (χ4n) is 3.96. The zero-order chi connectivity index (χ0) is 23.8. The van der Waals surface area contributed by atoms with Gasteiger partial charge in [-0.25, -0.2) is 4.98 Å². The van der Waals surface area contributed by atoms with Gasteiger partial charge in [0, 0.05) is 21.7 Å². The van der Waals surface area contributed by atoms with E-state index in [0.29, 0.717) is 39.2 Å². The summed E-state index contributed by atoms with van der Waals surface area (Å²) in [6, 6.07) is 31.7. The van der Waals surface area contributed by atoms with Crippen LogP contribution in [0.5, 0.6) is 0 Å². The van der Waals surface area contributed by atoms with Gasteiger partial charge < -0.3 is 4.42 Å². The zero-order valence-electron chi connectivity index (χ0n) is 18.3. The van der Waals surface area contributed by atoms with Gasteiger partial charge in [-0.1, -0.05) is 54.1 Å². The van der Waals surface area contributed by atoms with Crippen molar-refractivity contribution in [2.45, 2.75) is 0 Å². The van der Waals surface area contributed by atoms with Crippen molar-refractivity contribution in [2.75, 3.05) is 0 Å². The summed E-state index contributed by atoms with van der Waals surface area (Å²) in [4.78, 5) is 18.4. The van der Waals surface area contributed by atoms with Crippen LogP contribution in [0.3, 0.4) is 0 Å². The van der Waals surface area contributed by atoms with Crippen molar-refractivity contribution in [1.82, 2.24) is 19.7 Å². The van der Waals surface area contributed by atoms with E-state index in [4.69, 9.17) is 21.0 Å². The average molecular weight is 477 g/mol. The molecular weight excluding hydrogens is 460 g/mol. The van der Waals surface area contributed by atoms with Crippen LogP contribution in [0.2, 0.25) is 5.02 Å². The smallest absolute Gasteiger partial charge is 0.266 e. The second-order valence-electron chi connectivity index (χ2n) is 7.93. The van der Waals surface area contributed by atoms with Gasteiger partial charge in [0.25, 0.3) is 5.56 Å². The highest BCUT2D eigenvalue weighted by Crippen LogP contribution is 2.27. The predicted molar refractivity (Wildman–Crippen MR) is 137 cm³/mol. The molecule has 2 heterocycles. The van der Waals surface area contributed by atoms with Crippen molar-refractivity contribution in [3.05, 3.63) is 119 Å². The molecule has 0 atom stereocenters. The van der Waals surface area contributed by atoms with E-state index in [2.05, 4.69) is 10.2 Å². The van der Waals surface area contributed by atoms with Gasteiger partial charge in [-0.05, 0) is 60.7 Å². The predicted octanol–water partition coefficient (Wildman–Crippen LogP) is 6.42. The van der Waals surface area contributed by atoms with E-state index < -0.39 is 0 Å². The Bertz CT molecular complexity index is 1710. The number of aromatic nitrogens is 4. The summed E-state index contributed by atoms with van der Waals surface area (Å²) < 4.78 is 7.50. The minimum Gasteiger partial charge on any atom is -0.416 e. The first-order valence-corrected chi connectivity index (χ1v) is 11.3. The van der Waals surface area contributed by atoms with Crippen LogP contribution in [0.15, 0.2) is 112 Å². The molecule has 6 rings (SSSR count). The molecule has 0 radical (unpaired) electrons. The number of rotatable bonds is 4. The highest BCUT2D eigenvalue weighted by atomic mass is 35.5. The van der Waals surface area contributed by atoms with Crippen LogP contribution in [0, 0.1) is 0 Å². The number of fused-ring (bicyclic) bond motifs is 1. The van der Waals surface area contributed by atoms with Gasteiger partial charge in [0.05, 0.1) is 16.6 Å². The molecule has 0 unspecified atom stereocenters. The van der Waals surface area contributed by atoms with Crippen molar-refractivity contribution in [1.29, 1.82) is 0 Å². The first kappa shape index (κ1) is 21.0. The molecule has 2 aromatic heterocycles. The minimum absolute atomic E-state index is 0.134. The van der Waals surface area contributed by atoms with Crippen molar-refractivity contribution in [3.8, 4) is 40.0 Å². The summed E-state index contributed by atoms with van der Waals surface area (Å²) in [5.74, 6) is 1.36. The Morgan fingerprint density at radius 1 is 0.657 bits per heavy atom. The van der Waals surface area contributed by atoms with Crippen LogP contribution in [-0.4, -0.2) is 19.7 Å². The Morgan fingerprint density at radius 3 is 1.94 bits per heavy atom. The fraction of sp³-hybridized carbons (Fsp3) is 0. The first-order chi connectivity index (χ1) is 17.2. The molecule has 0 bridgehead atoms. The van der Waals surface area contributed by atoms with Gasteiger partial charge >= 0.3 is 0 Å². The molecule has 0 aliphatic carbocycles. The third-order valence-electron chi connectivity index (χ3n) is 5.70. The van der Waals surface area contributed by atoms with Gasteiger partial charge in [0.1, 0.15) is 5.82 Å². The van der Waals surface area contributed by atoms with E-state index in [-0.39, 0.29) is 5.56 Å². The van der Waals surface area contributed by atoms with E-state index in [1.54, 1.807) is 22.8 Å². The molecule has 168 valence electrons. The normalized spacial score (nSPS) is 11.1. The van der Waals surface area contributed by atoms with Crippen LogP contribution < -0.4 is 5.56 Å². The lowest BCUT2D eigenvalue weighted by Gasteiger charge is -2.14. The van der Waals surface area contributed by atoms with Crippen LogP contribution in [0.4, 0.5) is 0 Å². The van der Waals surface area contributed by atoms with Crippen molar-refractivity contribution < 1.29 is 4.42 Å². The maximum absolute atomic E-state index is 13.5. The monoisotopic (exact) mass is 476 g/mol. The third-order valence-corrected chi connectivity index (χ3v) is 5.95. The van der Waals surface area contributed by atoms with Gasteiger partial charge in [0.2, 0.25) is 11.8 Å². The zero-order valence-corrected chi connectivity index (χ0v) is 19.1. The van der Waals surface area contributed by atoms with Crippen molar-refractivity contribution >= 4 is 22.5 Å². The summed E-state index contributed by atoms with van der Waals surface area (Å²) in [5, 5.41) is 9.52. The summed E-state index contributed by atoms with van der Waals surface area (Å²) in [7, 11) is 0. The molecule has 0 aliphatic rings. The first-order valence-electron chi connectivity index (χ1n) is 10.9. The van der Waals surface area contributed by atoms with E-state index in [1.165, 1.54) is 0 Å². The molecule has 0 amide bonds. The molecule has 0 N–H and O–H groups in total. The number of benzene rings is 4. The van der Waals surface area contributed by atoms with E-state index in [1.807, 2.05) is 84.9 Å². The van der Waals surface area contributed by atoms with Crippen LogP contribution >= 0.6 is 11.6 Å². The Labute approximate surface area is 205 Å². The second kappa shape index (κ2) is 8.66. The molecular formula is C28H17ClN4O2. The van der Waals surface area contributed by atoms with Gasteiger partial charge in [-0.2, -0.15) is 0 Å². The lowest BCUT2D eigenvalue weighted by atomic mass is 10.1. The fourth-order valence-corrected chi connectivity index (χ4v) is 4.08. The maximum atomic E-state index is 13.5. The molecule has 4 aromatic carbocycles. The molecule has 0 fully saturated rings. The van der Waals surface area contributed by atoms with Gasteiger partial charge in [-0.15, -0.1) is 10.2 Å². The number of hydrogen-bond acceptors (Lipinski definition) is 5. The molecule has 7 heteroatoms. The molecule has 6 aromatic rings. The quantitative estimate of drug-likeness (QED) is 0.293. The summed E-state index contributed by atoms with van der Waals surface area (Å²) >= 11 is 5.96. The average Bonchev–Trinajstić information content (AvgIpc) is 3.40. The molecule has 35 heavy (non-hydrogen) atoms. The summed E-state index contributed by atoms with van der Waals surface area (Å²) in [6.07, 6.45) is 0. The molecule has 0 aliphatic heterocycles. The summed E-state index contributed by atoms with van der Waals surface area (Å²) in [6.45, 7) is 0. The highest BCUT2D eigenvalue weighted by Gasteiger charge is 2.15. The van der Waals surface area contributed by atoms with Crippen LogP contribution in [-0.2, 0) is 0 Å². The van der Waals surface area contributed by atoms with Crippen molar-refractivity contribution in [3.63, 3.8) is 0 Å². The number of para-hydroxylation sites is 1. The maximum Gasteiger partial charge on any atom is 0.266 e. The Balaban J connectivity index is 1.43. The third kappa shape index (κ3) is 3.90. The van der Waals surface area contributed by atoms with Gasteiger partial charge in [-0.3, -0.25) is 9.36 Å². The van der Waals surface area contributed by atoms with E-state index in [9.17, 15) is 4.79 Å². The Morgan fingerprint density at radius 2 is 1.26 bits per heavy atom. The lowest BCUT2D eigenvalue weighted by Crippen LogP contribution is -2.21. The second-order valence-corrected chi connectivity index (χ2v) is 8.36. The minimum atomic E-state index is -0.134. The van der Waals surface area contributed by atoms with Crippen LogP contribution in [0.1, 0.15) is 0 Å². The van der Waals surface area contributed by atoms with Crippen LogP contribution in [0.25, 0.3) is 50.9 Å². The molecule has 0 saturated heterocycles. The molecule has 0 spiro atoms. The topological polar surface area (TPSA) is 73.8 Å². The largest absolute Gasteiger partial charge is 0.416 e. The molecule has 6 nitrogen and oxygen atoms in total. The van der Waals surface area contributed by atoms with E-state index in [0.717, 1.165) is 16.7 Å². The Hall–Kier alpha value is -4.55. The number of hydrogen-bond donors (Lipinski definition) is 0. The number of nitrogens with zero attached hydrogens (tertiary/aromatic N) is 4. The van der Waals surface area contributed by atoms with E-state index >= 15 is 0 Å². The Kier molecular flexibility index (Phi) is 5.20. The lowest BCUT2D eigenvalue weighted by molar-refractivity contribution is 0.584. The van der Waals surface area contributed by atoms with Crippen molar-refractivity contribution in [2.24, 2.45) is 0 Å². The highest BCUT2D eigenvalue weighted by molar-refractivity contribution is 6.30. The number of halogens is 1. The summed E-state index contributed by atoms with van der Waals surface area (Å²) in [5.41, 5.74) is 3.59.